The average molecular weight is 601 g/mol. The molecule has 0 aliphatic carbocycles. The van der Waals surface area contributed by atoms with Gasteiger partial charge >= 0.3 is 0 Å². The van der Waals surface area contributed by atoms with Gasteiger partial charge in [-0.25, -0.2) is 0 Å². The molecular formula is C44H44N2. The topological polar surface area (TPSA) is 9.86 Å². The standard InChI is InChI=1S/C44H44N2/c1-29-9-13-31(14-10-29)39-25-33-27-42-34(28-41(33)45(39)37-21-17-35(18-22-37)43(3,4)5)26-40(32-15-11-30(2)12-16-32)46(42)38-23-19-36(20-24-38)44(6,7)8/h9-28H,1-8H3. The highest BCUT2D eigenvalue weighted by molar-refractivity contribution is 6.02. The SMILES string of the molecule is Cc1ccc(-c2cc3cc4c(cc(-c5ccc(C)cc5)n4-c4ccc(C(C)(C)C)cc4)cc3n2-c2ccc(C(C)(C)C)cc2)cc1. The van der Waals surface area contributed by atoms with Gasteiger partial charge in [-0.15, -0.1) is 0 Å². The molecule has 2 aromatic heterocycles. The van der Waals surface area contributed by atoms with Crippen LogP contribution in [-0.2, 0) is 10.8 Å². The molecular weight excluding hydrogens is 556 g/mol. The van der Waals surface area contributed by atoms with Crippen LogP contribution in [0.5, 0.6) is 0 Å². The molecule has 0 unspecified atom stereocenters. The Morgan fingerprint density at radius 3 is 1.02 bits per heavy atom. The Bertz CT molecular complexity index is 2010. The Hall–Kier alpha value is -4.82. The second-order valence-corrected chi connectivity index (χ2v) is 15.0. The van der Waals surface area contributed by atoms with Crippen LogP contribution in [-0.4, -0.2) is 9.13 Å². The van der Waals surface area contributed by atoms with E-state index in [4.69, 9.17) is 0 Å². The molecule has 0 bridgehead atoms. The molecule has 0 N–H and O–H groups in total. The molecule has 0 aliphatic heterocycles. The lowest BCUT2D eigenvalue weighted by Gasteiger charge is -2.20. The molecule has 0 saturated carbocycles. The van der Waals surface area contributed by atoms with Crippen LogP contribution in [0.3, 0.4) is 0 Å². The number of aryl methyl sites for hydroxylation is 2. The minimum atomic E-state index is 0.101. The smallest absolute Gasteiger partial charge is 0.0542 e. The highest BCUT2D eigenvalue weighted by Gasteiger charge is 2.20. The van der Waals surface area contributed by atoms with Crippen molar-refractivity contribution in [1.82, 2.24) is 9.13 Å². The Morgan fingerprint density at radius 1 is 0.391 bits per heavy atom. The predicted molar refractivity (Wildman–Crippen MR) is 198 cm³/mol. The summed E-state index contributed by atoms with van der Waals surface area (Å²) < 4.78 is 4.87. The molecule has 2 nitrogen and oxygen atoms in total. The van der Waals surface area contributed by atoms with Crippen LogP contribution in [0.25, 0.3) is 55.7 Å². The lowest BCUT2D eigenvalue weighted by Crippen LogP contribution is -2.11. The maximum atomic E-state index is 2.44. The minimum absolute atomic E-state index is 0.101. The van der Waals surface area contributed by atoms with E-state index >= 15 is 0 Å². The van der Waals surface area contributed by atoms with E-state index in [2.05, 4.69) is 186 Å². The molecule has 0 aliphatic rings. The largest absolute Gasteiger partial charge is 0.309 e. The van der Waals surface area contributed by atoms with Crippen molar-refractivity contribution in [2.24, 2.45) is 0 Å². The van der Waals surface area contributed by atoms with Gasteiger partial charge in [-0.3, -0.25) is 0 Å². The second-order valence-electron chi connectivity index (χ2n) is 15.0. The Labute approximate surface area is 274 Å². The maximum absolute atomic E-state index is 2.44. The monoisotopic (exact) mass is 600 g/mol. The van der Waals surface area contributed by atoms with Crippen LogP contribution in [0.4, 0.5) is 0 Å². The number of rotatable bonds is 4. The number of fused-ring (bicyclic) bond motifs is 2. The molecule has 2 heterocycles. The van der Waals surface area contributed by atoms with Crippen molar-refractivity contribution >= 4 is 21.8 Å². The summed E-state index contributed by atoms with van der Waals surface area (Å²) >= 11 is 0. The van der Waals surface area contributed by atoms with Crippen molar-refractivity contribution in [3.05, 3.63) is 144 Å². The molecule has 0 fully saturated rings. The van der Waals surface area contributed by atoms with Crippen LogP contribution in [0.1, 0.15) is 63.8 Å². The van der Waals surface area contributed by atoms with Crippen molar-refractivity contribution in [3.8, 4) is 33.9 Å². The van der Waals surface area contributed by atoms with Gasteiger partial charge in [0.05, 0.1) is 22.4 Å². The molecule has 2 heteroatoms. The summed E-state index contributed by atoms with van der Waals surface area (Å²) in [5, 5.41) is 2.45. The van der Waals surface area contributed by atoms with E-state index in [1.165, 1.54) is 77.9 Å². The summed E-state index contributed by atoms with van der Waals surface area (Å²) in [6.07, 6.45) is 0. The first-order valence-electron chi connectivity index (χ1n) is 16.4. The van der Waals surface area contributed by atoms with E-state index in [0.717, 1.165) is 0 Å². The highest BCUT2D eigenvalue weighted by atomic mass is 15.0. The molecule has 0 spiro atoms. The van der Waals surface area contributed by atoms with Crippen LogP contribution < -0.4 is 0 Å². The average Bonchev–Trinajstić information content (AvgIpc) is 3.58. The normalized spacial score (nSPS) is 12.3. The number of benzene rings is 5. The van der Waals surface area contributed by atoms with Gasteiger partial charge in [0, 0.05) is 22.1 Å². The predicted octanol–water partition coefficient (Wildman–Crippen LogP) is 12.1. The third-order valence-electron chi connectivity index (χ3n) is 9.40. The fraction of sp³-hybridized carbons (Fsp3) is 0.227. The lowest BCUT2D eigenvalue weighted by atomic mass is 9.87. The Balaban J connectivity index is 1.50. The fourth-order valence-corrected chi connectivity index (χ4v) is 6.56. The Morgan fingerprint density at radius 2 is 0.717 bits per heavy atom. The summed E-state index contributed by atoms with van der Waals surface area (Å²) in [6, 6.07) is 45.6. The molecule has 0 radical (unpaired) electrons. The van der Waals surface area contributed by atoms with E-state index < -0.39 is 0 Å². The van der Waals surface area contributed by atoms with E-state index in [-0.39, 0.29) is 10.8 Å². The summed E-state index contributed by atoms with van der Waals surface area (Å²) in [7, 11) is 0. The van der Waals surface area contributed by atoms with Crippen molar-refractivity contribution in [2.75, 3.05) is 0 Å². The fourth-order valence-electron chi connectivity index (χ4n) is 6.56. The number of hydrogen-bond acceptors (Lipinski definition) is 0. The van der Waals surface area contributed by atoms with Gasteiger partial charge in [-0.1, -0.05) is 125 Å². The number of nitrogens with zero attached hydrogens (tertiary/aromatic N) is 2. The van der Waals surface area contributed by atoms with Gasteiger partial charge in [0.15, 0.2) is 0 Å². The van der Waals surface area contributed by atoms with Crippen molar-refractivity contribution in [3.63, 3.8) is 0 Å². The van der Waals surface area contributed by atoms with Gasteiger partial charge in [0.1, 0.15) is 0 Å². The number of hydrogen-bond donors (Lipinski definition) is 0. The highest BCUT2D eigenvalue weighted by Crippen LogP contribution is 2.39. The molecule has 0 atom stereocenters. The van der Waals surface area contributed by atoms with Gasteiger partial charge in [-0.05, 0) is 95.5 Å². The first-order valence-corrected chi connectivity index (χ1v) is 16.4. The Kier molecular flexibility index (Phi) is 7.09. The van der Waals surface area contributed by atoms with E-state index in [1.807, 2.05) is 0 Å². The molecule has 7 aromatic rings. The molecule has 5 aromatic carbocycles. The van der Waals surface area contributed by atoms with Crippen molar-refractivity contribution in [2.45, 2.75) is 66.2 Å². The zero-order valence-corrected chi connectivity index (χ0v) is 28.4. The van der Waals surface area contributed by atoms with Gasteiger partial charge in [0.2, 0.25) is 0 Å². The molecule has 0 saturated heterocycles. The third-order valence-corrected chi connectivity index (χ3v) is 9.40. The van der Waals surface area contributed by atoms with Crippen LogP contribution >= 0.6 is 0 Å². The molecule has 0 amide bonds. The van der Waals surface area contributed by atoms with Crippen molar-refractivity contribution < 1.29 is 0 Å². The van der Waals surface area contributed by atoms with Crippen LogP contribution in [0.15, 0.2) is 121 Å². The molecule has 230 valence electrons. The summed E-state index contributed by atoms with van der Waals surface area (Å²) in [4.78, 5) is 0. The van der Waals surface area contributed by atoms with E-state index in [0.29, 0.717) is 0 Å². The van der Waals surface area contributed by atoms with E-state index in [1.54, 1.807) is 0 Å². The molecule has 7 rings (SSSR count). The van der Waals surface area contributed by atoms with Gasteiger partial charge in [0.25, 0.3) is 0 Å². The first kappa shape index (κ1) is 29.9. The van der Waals surface area contributed by atoms with Gasteiger partial charge in [-0.2, -0.15) is 0 Å². The first-order chi connectivity index (χ1) is 21.9. The molecule has 46 heavy (non-hydrogen) atoms. The summed E-state index contributed by atoms with van der Waals surface area (Å²) in [6.45, 7) is 17.9. The van der Waals surface area contributed by atoms with Crippen LogP contribution in [0.2, 0.25) is 0 Å². The zero-order chi connectivity index (χ0) is 32.4. The van der Waals surface area contributed by atoms with E-state index in [9.17, 15) is 0 Å². The summed E-state index contributed by atoms with van der Waals surface area (Å²) in [5.74, 6) is 0. The number of aromatic nitrogens is 2. The third kappa shape index (κ3) is 5.36. The summed E-state index contributed by atoms with van der Waals surface area (Å²) in [5.41, 5.74) is 15.0. The minimum Gasteiger partial charge on any atom is -0.309 e. The lowest BCUT2D eigenvalue weighted by molar-refractivity contribution is 0.590. The van der Waals surface area contributed by atoms with Crippen LogP contribution in [0, 0.1) is 13.8 Å². The van der Waals surface area contributed by atoms with Gasteiger partial charge < -0.3 is 9.13 Å². The maximum Gasteiger partial charge on any atom is 0.0542 e. The quantitative estimate of drug-likeness (QED) is 0.190. The zero-order valence-electron chi connectivity index (χ0n) is 28.4. The van der Waals surface area contributed by atoms with Crippen molar-refractivity contribution in [1.29, 1.82) is 0 Å². The second kappa shape index (κ2) is 10.9.